The Labute approximate surface area is 158 Å². The molecule has 11 heteroatoms. The van der Waals surface area contributed by atoms with Crippen LogP contribution in [-0.4, -0.2) is 30.1 Å². The van der Waals surface area contributed by atoms with Gasteiger partial charge in [-0.05, 0) is 31.0 Å². The molecule has 3 amide bonds. The standard InChI is InChI=1S/C16H19ClF3N3O4/c1-7(2)12(14(25)27-8(3)13(24)23-15(21)26)22-11-5-4-9(6-10(11)17)16(18,19)20/h4-8,12,22H,1-3H3,(H3,21,23,24,26)/t8-,12+/m1/s1. The number of carbonyl (C=O) groups excluding carboxylic acids is 3. The number of amides is 3. The Kier molecular flexibility index (Phi) is 7.46. The maximum atomic E-state index is 12.7. The average Bonchev–Trinajstić information content (AvgIpc) is 2.51. The van der Waals surface area contributed by atoms with E-state index in [-0.39, 0.29) is 16.6 Å². The molecule has 0 aliphatic rings. The minimum absolute atomic E-state index is 0.0922. The van der Waals surface area contributed by atoms with Gasteiger partial charge in [-0.25, -0.2) is 9.59 Å². The number of imide groups is 1. The van der Waals surface area contributed by atoms with E-state index in [4.69, 9.17) is 22.1 Å². The number of primary amides is 1. The lowest BCUT2D eigenvalue weighted by molar-refractivity contribution is -0.156. The lowest BCUT2D eigenvalue weighted by Gasteiger charge is -2.24. The van der Waals surface area contributed by atoms with E-state index in [1.807, 2.05) is 0 Å². The minimum Gasteiger partial charge on any atom is -0.451 e. The van der Waals surface area contributed by atoms with Gasteiger partial charge in [0.1, 0.15) is 6.04 Å². The first-order valence-corrected chi connectivity index (χ1v) is 8.14. The fourth-order valence-electron chi connectivity index (χ4n) is 2.00. The molecule has 1 aromatic carbocycles. The summed E-state index contributed by atoms with van der Waals surface area (Å²) in [5.74, 6) is -2.12. The van der Waals surface area contributed by atoms with Crippen LogP contribution in [0.1, 0.15) is 26.3 Å². The molecule has 0 saturated carbocycles. The molecule has 1 rings (SSSR count). The van der Waals surface area contributed by atoms with Gasteiger partial charge in [0.05, 0.1) is 16.3 Å². The van der Waals surface area contributed by atoms with Crippen LogP contribution in [0.15, 0.2) is 18.2 Å². The van der Waals surface area contributed by atoms with Gasteiger partial charge in [0.2, 0.25) is 0 Å². The molecule has 150 valence electrons. The summed E-state index contributed by atoms with van der Waals surface area (Å²) in [4.78, 5) is 34.6. The van der Waals surface area contributed by atoms with Crippen LogP contribution < -0.4 is 16.4 Å². The first-order valence-electron chi connectivity index (χ1n) is 7.77. The fourth-order valence-corrected chi connectivity index (χ4v) is 2.23. The Morgan fingerprint density at radius 1 is 1.19 bits per heavy atom. The van der Waals surface area contributed by atoms with Crippen molar-refractivity contribution in [2.75, 3.05) is 5.32 Å². The summed E-state index contributed by atoms with van der Waals surface area (Å²) in [5.41, 5.74) is 3.97. The van der Waals surface area contributed by atoms with Crippen molar-refractivity contribution in [3.8, 4) is 0 Å². The summed E-state index contributed by atoms with van der Waals surface area (Å²) in [6.07, 6.45) is -5.86. The van der Waals surface area contributed by atoms with Crippen molar-refractivity contribution in [2.45, 2.75) is 39.1 Å². The summed E-state index contributed by atoms with van der Waals surface area (Å²) >= 11 is 5.87. The second-order valence-electron chi connectivity index (χ2n) is 5.99. The van der Waals surface area contributed by atoms with Crippen LogP contribution in [0.4, 0.5) is 23.7 Å². The van der Waals surface area contributed by atoms with E-state index in [1.165, 1.54) is 6.92 Å². The van der Waals surface area contributed by atoms with E-state index >= 15 is 0 Å². The monoisotopic (exact) mass is 409 g/mol. The molecule has 0 unspecified atom stereocenters. The Balaban J connectivity index is 2.92. The molecule has 0 radical (unpaired) electrons. The van der Waals surface area contributed by atoms with Crippen molar-refractivity contribution in [1.82, 2.24) is 5.32 Å². The highest BCUT2D eigenvalue weighted by atomic mass is 35.5. The largest absolute Gasteiger partial charge is 0.451 e. The third-order valence-electron chi connectivity index (χ3n) is 3.44. The molecule has 7 nitrogen and oxygen atoms in total. The van der Waals surface area contributed by atoms with E-state index in [0.29, 0.717) is 0 Å². The molecule has 27 heavy (non-hydrogen) atoms. The van der Waals surface area contributed by atoms with Crippen LogP contribution in [0.2, 0.25) is 5.02 Å². The lowest BCUT2D eigenvalue weighted by Crippen LogP contribution is -2.45. The van der Waals surface area contributed by atoms with Gasteiger partial charge in [-0.1, -0.05) is 25.4 Å². The lowest BCUT2D eigenvalue weighted by atomic mass is 10.0. The number of hydrogen-bond acceptors (Lipinski definition) is 5. The van der Waals surface area contributed by atoms with Gasteiger partial charge in [0, 0.05) is 0 Å². The minimum atomic E-state index is -4.55. The zero-order valence-corrected chi connectivity index (χ0v) is 15.4. The highest BCUT2D eigenvalue weighted by Crippen LogP contribution is 2.34. The van der Waals surface area contributed by atoms with Crippen LogP contribution in [-0.2, 0) is 20.5 Å². The van der Waals surface area contributed by atoms with E-state index in [2.05, 4.69) is 5.32 Å². The number of esters is 1. The number of anilines is 1. The number of nitrogens with two attached hydrogens (primary N) is 1. The summed E-state index contributed by atoms with van der Waals surface area (Å²) in [6.45, 7) is 4.55. The molecule has 2 atom stereocenters. The summed E-state index contributed by atoms with van der Waals surface area (Å²) in [5, 5.41) is 4.25. The molecule has 0 bridgehead atoms. The van der Waals surface area contributed by atoms with E-state index in [9.17, 15) is 27.6 Å². The molecule has 0 aromatic heterocycles. The first kappa shape index (κ1) is 22.6. The molecule has 0 fully saturated rings. The number of nitrogens with one attached hydrogen (secondary N) is 2. The second kappa shape index (κ2) is 8.94. The van der Waals surface area contributed by atoms with Crippen molar-refractivity contribution in [1.29, 1.82) is 0 Å². The molecule has 1 aromatic rings. The Hall–Kier alpha value is -2.49. The van der Waals surface area contributed by atoms with Crippen molar-refractivity contribution in [3.63, 3.8) is 0 Å². The topological polar surface area (TPSA) is 111 Å². The zero-order chi connectivity index (χ0) is 20.9. The van der Waals surface area contributed by atoms with Crippen molar-refractivity contribution in [2.24, 2.45) is 11.7 Å². The number of ether oxygens (including phenoxy) is 1. The van der Waals surface area contributed by atoms with Gasteiger partial charge < -0.3 is 15.8 Å². The number of hydrogen-bond donors (Lipinski definition) is 3. The van der Waals surface area contributed by atoms with Gasteiger partial charge in [-0.15, -0.1) is 0 Å². The number of rotatable bonds is 6. The van der Waals surface area contributed by atoms with E-state index in [0.717, 1.165) is 18.2 Å². The zero-order valence-electron chi connectivity index (χ0n) is 14.7. The summed E-state index contributed by atoms with van der Waals surface area (Å²) < 4.78 is 43.1. The van der Waals surface area contributed by atoms with Gasteiger partial charge >= 0.3 is 18.2 Å². The smallest absolute Gasteiger partial charge is 0.416 e. The first-order chi connectivity index (χ1) is 12.3. The fraction of sp³-hybridized carbons (Fsp3) is 0.438. The Morgan fingerprint density at radius 3 is 2.22 bits per heavy atom. The van der Waals surface area contributed by atoms with Gasteiger partial charge in [0.25, 0.3) is 5.91 Å². The molecule has 4 N–H and O–H groups in total. The highest BCUT2D eigenvalue weighted by Gasteiger charge is 2.32. The van der Waals surface area contributed by atoms with Gasteiger partial charge in [-0.3, -0.25) is 10.1 Å². The molecule has 0 spiro atoms. The number of halogens is 4. The van der Waals surface area contributed by atoms with Crippen LogP contribution >= 0.6 is 11.6 Å². The van der Waals surface area contributed by atoms with Crippen molar-refractivity contribution in [3.05, 3.63) is 28.8 Å². The quantitative estimate of drug-likeness (QED) is 0.626. The molecule has 0 saturated heterocycles. The van der Waals surface area contributed by atoms with Crippen LogP contribution in [0.25, 0.3) is 0 Å². The second-order valence-corrected chi connectivity index (χ2v) is 6.40. The SMILES string of the molecule is CC(C)[C@H](Nc1ccc(C(F)(F)F)cc1Cl)C(=O)O[C@H](C)C(=O)NC(N)=O. The number of benzene rings is 1. The third kappa shape index (κ3) is 6.63. The summed E-state index contributed by atoms with van der Waals surface area (Å²) in [6, 6.07) is 0.535. The highest BCUT2D eigenvalue weighted by molar-refractivity contribution is 6.33. The number of alkyl halides is 3. The summed E-state index contributed by atoms with van der Waals surface area (Å²) in [7, 11) is 0. The van der Waals surface area contributed by atoms with E-state index in [1.54, 1.807) is 19.2 Å². The van der Waals surface area contributed by atoms with Gasteiger partial charge in [0.15, 0.2) is 6.10 Å². The predicted octanol–water partition coefficient (Wildman–Crippen LogP) is 2.92. The Morgan fingerprint density at radius 2 is 1.78 bits per heavy atom. The maximum absolute atomic E-state index is 12.7. The Bertz CT molecular complexity index is 725. The maximum Gasteiger partial charge on any atom is 0.416 e. The van der Waals surface area contributed by atoms with Crippen molar-refractivity contribution < 1.29 is 32.3 Å². The number of urea groups is 1. The molecule has 0 heterocycles. The molecular weight excluding hydrogens is 391 g/mol. The normalized spacial score (nSPS) is 13.6. The molecular formula is C16H19ClF3N3O4. The molecule has 0 aliphatic heterocycles. The molecule has 0 aliphatic carbocycles. The van der Waals surface area contributed by atoms with Gasteiger partial charge in [-0.2, -0.15) is 13.2 Å². The van der Waals surface area contributed by atoms with Crippen LogP contribution in [0, 0.1) is 5.92 Å². The van der Waals surface area contributed by atoms with Crippen LogP contribution in [0.3, 0.4) is 0 Å². The third-order valence-corrected chi connectivity index (χ3v) is 3.75. The van der Waals surface area contributed by atoms with Crippen molar-refractivity contribution >= 4 is 35.2 Å². The number of carbonyl (C=O) groups is 3. The predicted molar refractivity (Wildman–Crippen MR) is 92.0 cm³/mol. The average molecular weight is 410 g/mol. The van der Waals surface area contributed by atoms with E-state index < -0.39 is 41.8 Å². The van der Waals surface area contributed by atoms with Crippen LogP contribution in [0.5, 0.6) is 0 Å².